The molecule has 6 nitrogen and oxygen atoms in total. The Labute approximate surface area is 142 Å². The normalized spacial score (nSPS) is 18.4. The average molecular weight is 371 g/mol. The van der Waals surface area contributed by atoms with Crippen LogP contribution in [-0.4, -0.2) is 31.9 Å². The van der Waals surface area contributed by atoms with Gasteiger partial charge in [-0.05, 0) is 31.5 Å². The number of benzene rings is 1. The van der Waals surface area contributed by atoms with Crippen molar-refractivity contribution in [2.75, 3.05) is 13.1 Å². The van der Waals surface area contributed by atoms with Gasteiger partial charge in [0.25, 0.3) is 0 Å². The maximum absolute atomic E-state index is 13.8. The van der Waals surface area contributed by atoms with Crippen LogP contribution in [0, 0.1) is 18.6 Å². The molecule has 0 spiro atoms. The third kappa shape index (κ3) is 3.72. The monoisotopic (exact) mass is 371 g/mol. The van der Waals surface area contributed by atoms with Crippen LogP contribution < -0.4 is 10.4 Å². The Kier molecular flexibility index (Phi) is 4.61. The fourth-order valence-electron chi connectivity index (χ4n) is 2.66. The van der Waals surface area contributed by atoms with E-state index in [4.69, 9.17) is 9.15 Å². The van der Waals surface area contributed by atoms with Crippen molar-refractivity contribution in [2.45, 2.75) is 24.3 Å². The van der Waals surface area contributed by atoms with Gasteiger partial charge in [0, 0.05) is 12.6 Å². The van der Waals surface area contributed by atoms with Crippen molar-refractivity contribution in [1.82, 2.24) is 4.31 Å². The van der Waals surface area contributed by atoms with Gasteiger partial charge < -0.3 is 9.15 Å². The molecule has 1 aromatic carbocycles. The summed E-state index contributed by atoms with van der Waals surface area (Å²) in [6.45, 7) is 1.66. The minimum atomic E-state index is -4.18. The molecule has 1 fully saturated rings. The van der Waals surface area contributed by atoms with Crippen molar-refractivity contribution in [3.05, 3.63) is 58.1 Å². The highest BCUT2D eigenvalue weighted by Gasteiger charge is 2.35. The van der Waals surface area contributed by atoms with Crippen LogP contribution in [0.1, 0.15) is 12.2 Å². The Morgan fingerprint density at radius 2 is 2.00 bits per heavy atom. The number of nitrogens with zero attached hydrogens (tertiary/aromatic N) is 1. The molecule has 1 atom stereocenters. The highest BCUT2D eigenvalue weighted by molar-refractivity contribution is 7.89. The van der Waals surface area contributed by atoms with Crippen LogP contribution in [0.4, 0.5) is 8.78 Å². The molecular formula is C16H15F2NO5S. The van der Waals surface area contributed by atoms with Gasteiger partial charge in [-0.1, -0.05) is 0 Å². The second-order valence-corrected chi connectivity index (χ2v) is 7.60. The summed E-state index contributed by atoms with van der Waals surface area (Å²) in [5, 5.41) is 0. The van der Waals surface area contributed by atoms with Gasteiger partial charge in [0.1, 0.15) is 34.1 Å². The number of sulfonamides is 1. The molecule has 1 aliphatic rings. The Morgan fingerprint density at radius 1 is 1.24 bits per heavy atom. The number of ether oxygens (including phenoxy) is 1. The predicted octanol–water partition coefficient (Wildman–Crippen LogP) is 2.07. The molecule has 9 heteroatoms. The van der Waals surface area contributed by atoms with Crippen molar-refractivity contribution < 1.29 is 26.4 Å². The van der Waals surface area contributed by atoms with E-state index in [1.54, 1.807) is 6.92 Å². The zero-order valence-corrected chi connectivity index (χ0v) is 14.1. The van der Waals surface area contributed by atoms with Gasteiger partial charge in [-0.3, -0.25) is 0 Å². The zero-order chi connectivity index (χ0) is 18.2. The molecule has 0 N–H and O–H groups in total. The lowest BCUT2D eigenvalue weighted by Crippen LogP contribution is -2.31. The second-order valence-electron chi connectivity index (χ2n) is 5.69. The van der Waals surface area contributed by atoms with Crippen LogP contribution in [0.2, 0.25) is 0 Å². The fourth-order valence-corrected chi connectivity index (χ4v) is 4.22. The first-order valence-corrected chi connectivity index (χ1v) is 8.93. The van der Waals surface area contributed by atoms with Gasteiger partial charge in [0.15, 0.2) is 0 Å². The van der Waals surface area contributed by atoms with Crippen LogP contribution in [0.25, 0.3) is 0 Å². The Morgan fingerprint density at radius 3 is 2.72 bits per heavy atom. The van der Waals surface area contributed by atoms with Gasteiger partial charge in [0.05, 0.1) is 12.6 Å². The van der Waals surface area contributed by atoms with E-state index in [9.17, 15) is 22.0 Å². The highest BCUT2D eigenvalue weighted by Crippen LogP contribution is 2.26. The van der Waals surface area contributed by atoms with Crippen LogP contribution in [0.5, 0.6) is 5.75 Å². The molecular weight excluding hydrogens is 356 g/mol. The first kappa shape index (κ1) is 17.6. The summed E-state index contributed by atoms with van der Waals surface area (Å²) in [4.78, 5) is 10.6. The van der Waals surface area contributed by atoms with Gasteiger partial charge >= 0.3 is 5.63 Å². The van der Waals surface area contributed by atoms with Crippen LogP contribution in [0.15, 0.2) is 44.4 Å². The Hall–Kier alpha value is -2.26. The third-order valence-corrected chi connectivity index (χ3v) is 5.67. The lowest BCUT2D eigenvalue weighted by molar-refractivity contribution is 0.213. The van der Waals surface area contributed by atoms with Crippen molar-refractivity contribution >= 4 is 10.0 Å². The standard InChI is InChI=1S/C16H15F2NO5S/c1-10-6-13(8-16(20)23-10)24-12-4-5-19(9-12)25(21,22)15-7-11(17)2-3-14(15)18/h2-3,6-8,12H,4-5,9H2,1H3. The highest BCUT2D eigenvalue weighted by atomic mass is 32.2. The molecule has 1 aromatic heterocycles. The van der Waals surface area contributed by atoms with Crippen LogP contribution in [0.3, 0.4) is 0 Å². The molecule has 1 aliphatic heterocycles. The maximum Gasteiger partial charge on any atom is 0.339 e. The minimum Gasteiger partial charge on any atom is -0.489 e. The molecule has 0 aliphatic carbocycles. The summed E-state index contributed by atoms with van der Waals surface area (Å²) in [5.41, 5.74) is -0.570. The molecule has 3 rings (SSSR count). The number of halogens is 2. The van der Waals surface area contributed by atoms with E-state index in [0.717, 1.165) is 22.5 Å². The van der Waals surface area contributed by atoms with E-state index in [0.29, 0.717) is 18.2 Å². The first-order chi connectivity index (χ1) is 11.8. The molecule has 2 aromatic rings. The van der Waals surface area contributed by atoms with E-state index < -0.39 is 38.3 Å². The molecule has 0 amide bonds. The minimum absolute atomic E-state index is 0.0302. The van der Waals surface area contributed by atoms with E-state index in [1.165, 1.54) is 6.07 Å². The Balaban J connectivity index is 1.78. The van der Waals surface area contributed by atoms with Crippen LogP contribution in [-0.2, 0) is 10.0 Å². The van der Waals surface area contributed by atoms with Gasteiger partial charge in [0.2, 0.25) is 10.0 Å². The zero-order valence-electron chi connectivity index (χ0n) is 13.2. The molecule has 0 radical (unpaired) electrons. The van der Waals surface area contributed by atoms with Crippen LogP contribution >= 0.6 is 0 Å². The summed E-state index contributed by atoms with van der Waals surface area (Å²) in [6, 6.07) is 4.97. The topological polar surface area (TPSA) is 76.8 Å². The summed E-state index contributed by atoms with van der Waals surface area (Å²) >= 11 is 0. The van der Waals surface area contributed by atoms with Crippen molar-refractivity contribution in [3.63, 3.8) is 0 Å². The predicted molar refractivity (Wildman–Crippen MR) is 83.9 cm³/mol. The SMILES string of the molecule is Cc1cc(OC2CCN(S(=O)(=O)c3cc(F)ccc3F)C2)cc(=O)o1. The van der Waals surface area contributed by atoms with E-state index in [2.05, 4.69) is 0 Å². The number of rotatable bonds is 4. The molecule has 1 saturated heterocycles. The van der Waals surface area contributed by atoms with E-state index >= 15 is 0 Å². The number of hydrogen-bond acceptors (Lipinski definition) is 5. The summed E-state index contributed by atoms with van der Waals surface area (Å²) in [6.07, 6.45) is -0.150. The average Bonchev–Trinajstić information content (AvgIpc) is 2.98. The molecule has 134 valence electrons. The van der Waals surface area contributed by atoms with Gasteiger partial charge in [-0.25, -0.2) is 22.0 Å². The second kappa shape index (κ2) is 6.57. The van der Waals surface area contributed by atoms with Crippen molar-refractivity contribution in [1.29, 1.82) is 0 Å². The summed E-state index contributed by atoms with van der Waals surface area (Å²) < 4.78 is 63.6. The number of aryl methyl sites for hydroxylation is 1. The third-order valence-electron chi connectivity index (χ3n) is 3.79. The number of hydrogen-bond donors (Lipinski definition) is 0. The molecule has 2 heterocycles. The largest absolute Gasteiger partial charge is 0.489 e. The van der Waals surface area contributed by atoms with E-state index in [1.807, 2.05) is 0 Å². The Bertz CT molecular complexity index is 957. The van der Waals surface area contributed by atoms with Gasteiger partial charge in [-0.2, -0.15) is 4.31 Å². The summed E-state index contributed by atoms with van der Waals surface area (Å²) in [7, 11) is -4.18. The molecule has 0 bridgehead atoms. The van der Waals surface area contributed by atoms with Crippen molar-refractivity contribution in [2.24, 2.45) is 0 Å². The van der Waals surface area contributed by atoms with Gasteiger partial charge in [-0.15, -0.1) is 0 Å². The molecule has 1 unspecified atom stereocenters. The van der Waals surface area contributed by atoms with E-state index in [-0.39, 0.29) is 18.8 Å². The quantitative estimate of drug-likeness (QED) is 0.822. The van der Waals surface area contributed by atoms with Crippen molar-refractivity contribution in [3.8, 4) is 5.75 Å². The summed E-state index contributed by atoms with van der Waals surface area (Å²) in [5.74, 6) is -1.21. The lowest BCUT2D eigenvalue weighted by atomic mass is 10.3. The lowest BCUT2D eigenvalue weighted by Gasteiger charge is -2.17. The first-order valence-electron chi connectivity index (χ1n) is 7.49. The smallest absolute Gasteiger partial charge is 0.339 e. The molecule has 0 saturated carbocycles. The maximum atomic E-state index is 13.8. The molecule has 25 heavy (non-hydrogen) atoms. The fraction of sp³-hybridized carbons (Fsp3) is 0.312.